The fourth-order valence-corrected chi connectivity index (χ4v) is 8.11. The zero-order valence-corrected chi connectivity index (χ0v) is 28.4. The molecule has 1 aromatic heterocycles. The summed E-state index contributed by atoms with van der Waals surface area (Å²) in [5, 5.41) is 6.85. The van der Waals surface area contributed by atoms with Crippen LogP contribution in [0.3, 0.4) is 0 Å². The molecule has 3 nitrogen and oxygen atoms in total. The third kappa shape index (κ3) is 4.69. The summed E-state index contributed by atoms with van der Waals surface area (Å²) in [4.78, 5) is 15.9. The van der Waals surface area contributed by atoms with Crippen molar-refractivity contribution >= 4 is 32.3 Å². The second-order valence-corrected chi connectivity index (χ2v) is 14.0. The first kappa shape index (κ1) is 29.5. The number of hydrogen-bond acceptors (Lipinski definition) is 3. The number of hydrogen-bond donors (Lipinski definition) is 0. The Balaban J connectivity index is 1.25. The van der Waals surface area contributed by atoms with Crippen LogP contribution in [-0.2, 0) is 5.41 Å². The van der Waals surface area contributed by atoms with Crippen LogP contribution in [0.4, 0.5) is 0 Å². The van der Waals surface area contributed by atoms with Crippen LogP contribution in [0.2, 0.25) is 0 Å². The maximum atomic E-state index is 5.36. The summed E-state index contributed by atoms with van der Waals surface area (Å²) in [6.07, 6.45) is 0. The summed E-state index contributed by atoms with van der Waals surface area (Å²) >= 11 is 0. The minimum Gasteiger partial charge on any atom is -0.208 e. The molecule has 10 rings (SSSR count). The summed E-state index contributed by atoms with van der Waals surface area (Å²) in [7, 11) is 0. The second-order valence-electron chi connectivity index (χ2n) is 14.0. The fourth-order valence-electron chi connectivity index (χ4n) is 8.11. The van der Waals surface area contributed by atoms with Crippen LogP contribution in [-0.4, -0.2) is 15.0 Å². The highest BCUT2D eigenvalue weighted by molar-refractivity contribution is 6.04. The van der Waals surface area contributed by atoms with Gasteiger partial charge in [0.2, 0.25) is 0 Å². The maximum Gasteiger partial charge on any atom is 0.165 e. The Hall–Kier alpha value is -6.45. The van der Waals surface area contributed by atoms with Crippen molar-refractivity contribution in [2.75, 3.05) is 0 Å². The van der Waals surface area contributed by atoms with Crippen LogP contribution in [0.1, 0.15) is 25.0 Å². The SMILES string of the molecule is CC1(C)c2ccccc2-c2ccc(-c3ccc4ccccc4c3-c3nc(-c4ccc5ccccc5c4)nc(-c4cccc5ccccc45)n3)cc21. The molecule has 1 aliphatic carbocycles. The average molecular weight is 652 g/mol. The first-order valence-electron chi connectivity index (χ1n) is 17.5. The zero-order valence-electron chi connectivity index (χ0n) is 28.4. The van der Waals surface area contributed by atoms with Gasteiger partial charge in [0.1, 0.15) is 0 Å². The minimum absolute atomic E-state index is 0.114. The van der Waals surface area contributed by atoms with E-state index >= 15 is 0 Å². The van der Waals surface area contributed by atoms with Gasteiger partial charge in [0.15, 0.2) is 17.5 Å². The number of aromatic nitrogens is 3. The van der Waals surface area contributed by atoms with Crippen LogP contribution in [0.5, 0.6) is 0 Å². The largest absolute Gasteiger partial charge is 0.208 e. The molecule has 1 aliphatic rings. The van der Waals surface area contributed by atoms with Gasteiger partial charge in [0.25, 0.3) is 0 Å². The Bertz CT molecular complexity index is 2840. The normalized spacial score (nSPS) is 13.1. The Morgan fingerprint density at radius 3 is 1.78 bits per heavy atom. The molecule has 0 N–H and O–H groups in total. The summed E-state index contributed by atoms with van der Waals surface area (Å²) in [5.74, 6) is 1.97. The van der Waals surface area contributed by atoms with Gasteiger partial charge in [-0.1, -0.05) is 166 Å². The quantitative estimate of drug-likeness (QED) is 0.190. The molecule has 240 valence electrons. The lowest BCUT2D eigenvalue weighted by molar-refractivity contribution is 0.660. The topological polar surface area (TPSA) is 38.7 Å². The third-order valence-corrected chi connectivity index (χ3v) is 10.7. The molecule has 0 saturated heterocycles. The predicted molar refractivity (Wildman–Crippen MR) is 212 cm³/mol. The first-order valence-corrected chi connectivity index (χ1v) is 17.5. The van der Waals surface area contributed by atoms with E-state index in [0.717, 1.165) is 54.7 Å². The molecule has 1 heterocycles. The Kier molecular flexibility index (Phi) is 6.53. The highest BCUT2D eigenvalue weighted by Gasteiger charge is 2.35. The van der Waals surface area contributed by atoms with E-state index in [9.17, 15) is 0 Å². The molecule has 0 aliphatic heterocycles. The van der Waals surface area contributed by atoms with Crippen molar-refractivity contribution in [3.05, 3.63) is 175 Å². The van der Waals surface area contributed by atoms with Crippen molar-refractivity contribution < 1.29 is 0 Å². The number of benzene rings is 8. The molecule has 9 aromatic rings. The molecule has 0 atom stereocenters. The summed E-state index contributed by atoms with van der Waals surface area (Å²) in [5.41, 5.74) is 10.4. The van der Waals surface area contributed by atoms with Gasteiger partial charge in [0, 0.05) is 22.1 Å². The molecule has 3 heteroatoms. The minimum atomic E-state index is -0.114. The highest BCUT2D eigenvalue weighted by Crippen LogP contribution is 2.50. The van der Waals surface area contributed by atoms with Crippen LogP contribution in [0, 0.1) is 0 Å². The van der Waals surface area contributed by atoms with E-state index in [2.05, 4.69) is 178 Å². The zero-order chi connectivity index (χ0) is 34.1. The molecule has 0 radical (unpaired) electrons. The average Bonchev–Trinajstić information content (AvgIpc) is 3.42. The van der Waals surface area contributed by atoms with Gasteiger partial charge in [-0.05, 0) is 77.8 Å². The lowest BCUT2D eigenvalue weighted by Crippen LogP contribution is -2.14. The Morgan fingerprint density at radius 2 is 0.922 bits per heavy atom. The van der Waals surface area contributed by atoms with E-state index in [0.29, 0.717) is 17.5 Å². The summed E-state index contributed by atoms with van der Waals surface area (Å²) in [6, 6.07) is 58.5. The third-order valence-electron chi connectivity index (χ3n) is 10.7. The van der Waals surface area contributed by atoms with Gasteiger partial charge in [-0.25, -0.2) is 15.0 Å². The van der Waals surface area contributed by atoms with Crippen molar-refractivity contribution in [3.63, 3.8) is 0 Å². The lowest BCUT2D eigenvalue weighted by atomic mass is 9.81. The van der Waals surface area contributed by atoms with Crippen molar-refractivity contribution in [2.24, 2.45) is 0 Å². The van der Waals surface area contributed by atoms with E-state index in [1.54, 1.807) is 0 Å². The van der Waals surface area contributed by atoms with E-state index in [-0.39, 0.29) is 5.41 Å². The molecule has 0 amide bonds. The molecule has 0 bridgehead atoms. The van der Waals surface area contributed by atoms with Gasteiger partial charge < -0.3 is 0 Å². The van der Waals surface area contributed by atoms with E-state index < -0.39 is 0 Å². The first-order chi connectivity index (χ1) is 25.0. The van der Waals surface area contributed by atoms with Gasteiger partial charge in [-0.2, -0.15) is 0 Å². The molecule has 0 spiro atoms. The standard InChI is InChI=1S/C48H33N3/c1-48(2)42-21-10-9-19-39(42)40-27-25-34(29-43(40)48)38-26-24-32-14-6-8-18-37(32)44(38)47-50-45(35-23-22-30-12-3-4-15-33(30)28-35)49-46(51-47)41-20-11-16-31-13-5-7-17-36(31)41/h3-29H,1-2H3. The smallest absolute Gasteiger partial charge is 0.165 e. The molecular formula is C48H33N3. The monoisotopic (exact) mass is 651 g/mol. The van der Waals surface area contributed by atoms with Crippen molar-refractivity contribution in [1.82, 2.24) is 15.0 Å². The molecule has 0 saturated carbocycles. The van der Waals surface area contributed by atoms with E-state index in [1.165, 1.54) is 27.6 Å². The molecule has 8 aromatic carbocycles. The van der Waals surface area contributed by atoms with Crippen molar-refractivity contribution in [3.8, 4) is 56.4 Å². The van der Waals surface area contributed by atoms with Crippen LogP contribution in [0.15, 0.2) is 164 Å². The van der Waals surface area contributed by atoms with Crippen LogP contribution >= 0.6 is 0 Å². The van der Waals surface area contributed by atoms with Gasteiger partial charge >= 0.3 is 0 Å². The van der Waals surface area contributed by atoms with E-state index in [4.69, 9.17) is 15.0 Å². The predicted octanol–water partition coefficient (Wildman–Crippen LogP) is 12.3. The molecular weight excluding hydrogens is 619 g/mol. The van der Waals surface area contributed by atoms with Gasteiger partial charge in [-0.15, -0.1) is 0 Å². The van der Waals surface area contributed by atoms with Crippen LogP contribution < -0.4 is 0 Å². The molecule has 51 heavy (non-hydrogen) atoms. The summed E-state index contributed by atoms with van der Waals surface area (Å²) < 4.78 is 0. The van der Waals surface area contributed by atoms with Crippen molar-refractivity contribution in [2.45, 2.75) is 19.3 Å². The number of nitrogens with zero attached hydrogens (tertiary/aromatic N) is 3. The Labute approximate surface area is 297 Å². The molecule has 0 unspecified atom stereocenters. The van der Waals surface area contributed by atoms with E-state index in [1.807, 2.05) is 0 Å². The van der Waals surface area contributed by atoms with Gasteiger partial charge in [-0.3, -0.25) is 0 Å². The fraction of sp³-hybridized carbons (Fsp3) is 0.0625. The second kappa shape index (κ2) is 11.3. The maximum absolute atomic E-state index is 5.36. The summed E-state index contributed by atoms with van der Waals surface area (Å²) in [6.45, 7) is 4.67. The highest BCUT2D eigenvalue weighted by atomic mass is 15.0. The van der Waals surface area contributed by atoms with Crippen LogP contribution in [0.25, 0.3) is 88.7 Å². The Morgan fingerprint density at radius 1 is 0.353 bits per heavy atom. The number of rotatable bonds is 4. The van der Waals surface area contributed by atoms with Crippen molar-refractivity contribution in [1.29, 1.82) is 0 Å². The lowest BCUT2D eigenvalue weighted by Gasteiger charge is -2.22. The number of fused-ring (bicyclic) bond motifs is 6. The van der Waals surface area contributed by atoms with Gasteiger partial charge in [0.05, 0.1) is 0 Å². The molecule has 0 fully saturated rings.